The summed E-state index contributed by atoms with van der Waals surface area (Å²) >= 11 is 1.30. The number of fused-ring (bicyclic) bond motifs is 1. The molecule has 0 saturated carbocycles. The molecular weight excluding hydrogens is 370 g/mol. The number of carbonyl (C=O) groups is 1. The van der Waals surface area contributed by atoms with Gasteiger partial charge in [-0.25, -0.2) is 9.78 Å². The van der Waals surface area contributed by atoms with E-state index in [-0.39, 0.29) is 0 Å². The molecule has 0 aliphatic heterocycles. The van der Waals surface area contributed by atoms with Crippen molar-refractivity contribution in [1.29, 1.82) is 0 Å². The van der Waals surface area contributed by atoms with E-state index in [1.807, 2.05) is 74.5 Å². The van der Waals surface area contributed by atoms with Gasteiger partial charge in [0.05, 0.1) is 5.69 Å². The molecule has 0 bridgehead atoms. The molecule has 0 spiro atoms. The fourth-order valence-electron chi connectivity index (χ4n) is 2.91. The molecule has 140 valence electrons. The molecule has 0 aliphatic rings. The topological polar surface area (TPSA) is 48.4 Å². The average molecular weight is 389 g/mol. The highest BCUT2D eigenvalue weighted by atomic mass is 32.1. The second-order valence-corrected chi connectivity index (χ2v) is 7.57. The first-order valence-electron chi connectivity index (χ1n) is 8.96. The Bertz CT molecular complexity index is 1130. The van der Waals surface area contributed by atoms with E-state index in [2.05, 4.69) is 4.98 Å². The van der Waals surface area contributed by atoms with E-state index in [4.69, 9.17) is 9.47 Å². The minimum atomic E-state index is -0.395. The summed E-state index contributed by atoms with van der Waals surface area (Å²) in [6, 6.07) is 21.3. The first kappa shape index (κ1) is 18.2. The molecule has 4 aromatic rings. The molecule has 5 heteroatoms. The SMILES string of the molecule is Cc1ccc(OCc2nc(C)c(C(=O)Oc3cccc4ccccc34)s2)cc1. The number of nitrogens with zero attached hydrogens (tertiary/aromatic N) is 1. The summed E-state index contributed by atoms with van der Waals surface area (Å²) < 4.78 is 11.4. The maximum Gasteiger partial charge on any atom is 0.355 e. The lowest BCUT2D eigenvalue weighted by Gasteiger charge is -2.07. The number of aryl methyl sites for hydroxylation is 2. The van der Waals surface area contributed by atoms with Gasteiger partial charge in [-0.05, 0) is 37.4 Å². The molecule has 0 saturated heterocycles. The van der Waals surface area contributed by atoms with Crippen LogP contribution < -0.4 is 9.47 Å². The number of hydrogen-bond acceptors (Lipinski definition) is 5. The lowest BCUT2D eigenvalue weighted by atomic mass is 10.1. The van der Waals surface area contributed by atoms with Crippen molar-refractivity contribution < 1.29 is 14.3 Å². The highest BCUT2D eigenvalue weighted by molar-refractivity contribution is 7.13. The van der Waals surface area contributed by atoms with Crippen molar-refractivity contribution in [3.63, 3.8) is 0 Å². The van der Waals surface area contributed by atoms with Gasteiger partial charge < -0.3 is 9.47 Å². The van der Waals surface area contributed by atoms with Crippen molar-refractivity contribution in [3.8, 4) is 11.5 Å². The second kappa shape index (κ2) is 7.82. The Balaban J connectivity index is 1.49. The van der Waals surface area contributed by atoms with Crippen LogP contribution in [0.1, 0.15) is 25.9 Å². The standard InChI is InChI=1S/C23H19NO3S/c1-15-10-12-18(13-11-15)26-14-21-24-16(2)22(28-21)23(25)27-20-9-5-7-17-6-3-4-8-19(17)20/h3-13H,14H2,1-2H3. The number of aromatic nitrogens is 1. The summed E-state index contributed by atoms with van der Waals surface area (Å²) in [6.45, 7) is 4.16. The molecule has 28 heavy (non-hydrogen) atoms. The van der Waals surface area contributed by atoms with Crippen molar-refractivity contribution in [2.24, 2.45) is 0 Å². The van der Waals surface area contributed by atoms with Crippen LogP contribution in [0.15, 0.2) is 66.7 Å². The molecule has 4 nitrogen and oxygen atoms in total. The highest BCUT2D eigenvalue weighted by Crippen LogP contribution is 2.28. The molecule has 0 unspecified atom stereocenters. The summed E-state index contributed by atoms with van der Waals surface area (Å²) in [5.74, 6) is 0.930. The van der Waals surface area contributed by atoms with Crippen molar-refractivity contribution >= 4 is 28.1 Å². The molecule has 0 fully saturated rings. The van der Waals surface area contributed by atoms with E-state index in [0.717, 1.165) is 21.5 Å². The van der Waals surface area contributed by atoms with Crippen LogP contribution in [0.4, 0.5) is 0 Å². The normalized spacial score (nSPS) is 10.8. The Morgan fingerprint density at radius 2 is 1.71 bits per heavy atom. The predicted octanol–water partition coefficient (Wildman–Crippen LogP) is 5.71. The van der Waals surface area contributed by atoms with Gasteiger partial charge in [0.25, 0.3) is 0 Å². The maximum absolute atomic E-state index is 12.7. The molecule has 0 radical (unpaired) electrons. The van der Waals surface area contributed by atoms with Gasteiger partial charge >= 0.3 is 5.97 Å². The molecular formula is C23H19NO3S. The van der Waals surface area contributed by atoms with E-state index in [0.29, 0.717) is 22.9 Å². The maximum atomic E-state index is 12.7. The molecule has 0 N–H and O–H groups in total. The fraction of sp³-hybridized carbons (Fsp3) is 0.130. The Labute approximate surface area is 167 Å². The zero-order valence-electron chi connectivity index (χ0n) is 15.6. The summed E-state index contributed by atoms with van der Waals surface area (Å²) in [5.41, 5.74) is 1.83. The van der Waals surface area contributed by atoms with Gasteiger partial charge in [0.1, 0.15) is 28.0 Å². The zero-order valence-corrected chi connectivity index (χ0v) is 16.5. The Kier molecular flexibility index (Phi) is 5.08. The van der Waals surface area contributed by atoms with E-state index >= 15 is 0 Å². The van der Waals surface area contributed by atoms with Crippen LogP contribution in [0.25, 0.3) is 10.8 Å². The Morgan fingerprint density at radius 3 is 2.54 bits per heavy atom. The monoisotopic (exact) mass is 389 g/mol. The molecule has 0 amide bonds. The largest absolute Gasteiger partial charge is 0.486 e. The first-order chi connectivity index (χ1) is 13.6. The summed E-state index contributed by atoms with van der Waals surface area (Å²) in [7, 11) is 0. The molecule has 1 aromatic heterocycles. The van der Waals surface area contributed by atoms with Gasteiger partial charge in [0, 0.05) is 5.39 Å². The summed E-state index contributed by atoms with van der Waals surface area (Å²) in [6.07, 6.45) is 0. The van der Waals surface area contributed by atoms with Crippen LogP contribution in [0.2, 0.25) is 0 Å². The second-order valence-electron chi connectivity index (χ2n) is 6.49. The first-order valence-corrected chi connectivity index (χ1v) is 9.77. The number of thiazole rings is 1. The van der Waals surface area contributed by atoms with Gasteiger partial charge in [-0.3, -0.25) is 0 Å². The Morgan fingerprint density at radius 1 is 0.964 bits per heavy atom. The third kappa shape index (κ3) is 3.89. The molecule has 3 aromatic carbocycles. The third-order valence-corrected chi connectivity index (χ3v) is 5.47. The lowest BCUT2D eigenvalue weighted by molar-refractivity contribution is 0.0741. The summed E-state index contributed by atoms with van der Waals surface area (Å²) in [4.78, 5) is 17.7. The Hall–Kier alpha value is -3.18. The summed E-state index contributed by atoms with van der Waals surface area (Å²) in [5, 5.41) is 2.67. The van der Waals surface area contributed by atoms with Crippen LogP contribution >= 0.6 is 11.3 Å². The number of rotatable bonds is 5. The van der Waals surface area contributed by atoms with Gasteiger partial charge in [-0.2, -0.15) is 0 Å². The number of benzene rings is 3. The van der Waals surface area contributed by atoms with Crippen molar-refractivity contribution in [3.05, 3.63) is 87.9 Å². The van der Waals surface area contributed by atoms with Crippen LogP contribution in [-0.4, -0.2) is 11.0 Å². The highest BCUT2D eigenvalue weighted by Gasteiger charge is 2.18. The van der Waals surface area contributed by atoms with Crippen LogP contribution in [0.3, 0.4) is 0 Å². The number of hydrogen-bond donors (Lipinski definition) is 0. The molecule has 0 aliphatic carbocycles. The van der Waals surface area contributed by atoms with Crippen molar-refractivity contribution in [1.82, 2.24) is 4.98 Å². The van der Waals surface area contributed by atoms with Gasteiger partial charge in [-0.1, -0.05) is 54.1 Å². The van der Waals surface area contributed by atoms with Crippen molar-refractivity contribution in [2.45, 2.75) is 20.5 Å². The van der Waals surface area contributed by atoms with E-state index in [9.17, 15) is 4.79 Å². The minimum absolute atomic E-state index is 0.316. The quantitative estimate of drug-likeness (QED) is 0.324. The fourth-order valence-corrected chi connectivity index (χ4v) is 3.77. The van der Waals surface area contributed by atoms with Crippen LogP contribution in [-0.2, 0) is 6.61 Å². The van der Waals surface area contributed by atoms with Crippen LogP contribution in [0.5, 0.6) is 11.5 Å². The number of esters is 1. The minimum Gasteiger partial charge on any atom is -0.486 e. The van der Waals surface area contributed by atoms with E-state index in [1.54, 1.807) is 6.07 Å². The molecule has 1 heterocycles. The predicted molar refractivity (Wildman–Crippen MR) is 111 cm³/mol. The van der Waals surface area contributed by atoms with Gasteiger partial charge in [0.15, 0.2) is 0 Å². The zero-order chi connectivity index (χ0) is 19.5. The van der Waals surface area contributed by atoms with Crippen molar-refractivity contribution in [2.75, 3.05) is 0 Å². The van der Waals surface area contributed by atoms with E-state index in [1.165, 1.54) is 16.9 Å². The third-order valence-electron chi connectivity index (χ3n) is 4.36. The van der Waals surface area contributed by atoms with Gasteiger partial charge in [0.2, 0.25) is 0 Å². The molecule has 0 atom stereocenters. The van der Waals surface area contributed by atoms with Gasteiger partial charge in [-0.15, -0.1) is 11.3 Å². The average Bonchev–Trinajstić information content (AvgIpc) is 3.08. The smallest absolute Gasteiger partial charge is 0.355 e. The number of carbonyl (C=O) groups excluding carboxylic acids is 1. The van der Waals surface area contributed by atoms with E-state index < -0.39 is 5.97 Å². The molecule has 4 rings (SSSR count). The lowest BCUT2D eigenvalue weighted by Crippen LogP contribution is -2.08. The van der Waals surface area contributed by atoms with Crippen LogP contribution in [0, 0.1) is 13.8 Å². The number of ether oxygens (including phenoxy) is 2.